The van der Waals surface area contributed by atoms with Crippen LogP contribution in [0.2, 0.25) is 0 Å². The van der Waals surface area contributed by atoms with Gasteiger partial charge in [0.2, 0.25) is 0 Å². The fourth-order valence-electron chi connectivity index (χ4n) is 3.27. The molecule has 0 amide bonds. The van der Waals surface area contributed by atoms with Gasteiger partial charge in [-0.2, -0.15) is 5.26 Å². The summed E-state index contributed by atoms with van der Waals surface area (Å²) in [5.41, 5.74) is 4.34. The number of methoxy groups -OCH3 is 1. The second kappa shape index (κ2) is 9.18. The number of hydrogen-bond donors (Lipinski definition) is 1. The van der Waals surface area contributed by atoms with Crippen molar-refractivity contribution in [2.75, 3.05) is 12.4 Å². The minimum atomic E-state index is -0.500. The Morgan fingerprint density at radius 2 is 1.88 bits per heavy atom. The number of rotatable bonds is 6. The standard InChI is InChI=1S/C24H19FN6O/c1-15-7-17(3-5-28-15)23-18(10-26)8-16(11-30-23)12-31-24-22(25)21(4-6-29-24)19-9-20(32-2)14-27-13-19/h3-9,11,13-14H,12H2,1-2H3,(H,29,31). The molecule has 4 aromatic heterocycles. The van der Waals surface area contributed by atoms with Crippen LogP contribution in [0.25, 0.3) is 22.4 Å². The van der Waals surface area contributed by atoms with Crippen LogP contribution in [-0.4, -0.2) is 27.0 Å². The second-order valence-electron chi connectivity index (χ2n) is 7.03. The number of ether oxygens (including phenoxy) is 1. The molecule has 0 saturated heterocycles. The molecule has 1 N–H and O–H groups in total. The number of aryl methyl sites for hydroxylation is 1. The van der Waals surface area contributed by atoms with Gasteiger partial charge in [0.05, 0.1) is 24.6 Å². The van der Waals surface area contributed by atoms with Gasteiger partial charge in [0, 0.05) is 53.7 Å². The largest absolute Gasteiger partial charge is 0.495 e. The zero-order chi connectivity index (χ0) is 22.5. The topological polar surface area (TPSA) is 96.6 Å². The van der Waals surface area contributed by atoms with Crippen LogP contribution in [0.3, 0.4) is 0 Å². The molecule has 8 heteroatoms. The Balaban J connectivity index is 1.57. The van der Waals surface area contributed by atoms with Crippen molar-refractivity contribution >= 4 is 5.82 Å². The third-order valence-corrected chi connectivity index (χ3v) is 4.84. The van der Waals surface area contributed by atoms with E-state index >= 15 is 4.39 Å². The van der Waals surface area contributed by atoms with Gasteiger partial charge in [-0.3, -0.25) is 15.0 Å². The van der Waals surface area contributed by atoms with E-state index in [0.29, 0.717) is 28.1 Å². The molecule has 0 spiro atoms. The van der Waals surface area contributed by atoms with E-state index in [1.54, 1.807) is 43.0 Å². The van der Waals surface area contributed by atoms with Gasteiger partial charge in [-0.25, -0.2) is 9.37 Å². The lowest BCUT2D eigenvalue weighted by Crippen LogP contribution is -2.06. The van der Waals surface area contributed by atoms with Crippen molar-refractivity contribution < 1.29 is 9.13 Å². The Kier molecular flexibility index (Phi) is 5.99. The predicted molar refractivity (Wildman–Crippen MR) is 118 cm³/mol. The molecule has 0 aliphatic rings. The summed E-state index contributed by atoms with van der Waals surface area (Å²) < 4.78 is 20.3. The van der Waals surface area contributed by atoms with Crippen molar-refractivity contribution in [3.8, 4) is 34.2 Å². The molecule has 7 nitrogen and oxygen atoms in total. The molecule has 4 heterocycles. The summed E-state index contributed by atoms with van der Waals surface area (Å²) in [6.07, 6.45) is 7.98. The number of nitrogens with one attached hydrogen (secondary N) is 1. The van der Waals surface area contributed by atoms with Crippen LogP contribution in [0, 0.1) is 24.1 Å². The van der Waals surface area contributed by atoms with Gasteiger partial charge in [-0.15, -0.1) is 0 Å². The van der Waals surface area contributed by atoms with Gasteiger partial charge in [0.15, 0.2) is 11.6 Å². The molecule has 0 unspecified atom stereocenters. The molecule has 0 bridgehead atoms. The first-order valence-electron chi connectivity index (χ1n) is 9.79. The number of aromatic nitrogens is 4. The van der Waals surface area contributed by atoms with Crippen LogP contribution in [-0.2, 0) is 6.54 Å². The van der Waals surface area contributed by atoms with Crippen LogP contribution in [0.5, 0.6) is 5.75 Å². The summed E-state index contributed by atoms with van der Waals surface area (Å²) in [5, 5.41) is 12.6. The lowest BCUT2D eigenvalue weighted by atomic mass is 10.1. The second-order valence-corrected chi connectivity index (χ2v) is 7.03. The van der Waals surface area contributed by atoms with Crippen molar-refractivity contribution in [2.45, 2.75) is 13.5 Å². The smallest absolute Gasteiger partial charge is 0.173 e. The highest BCUT2D eigenvalue weighted by Crippen LogP contribution is 2.28. The summed E-state index contributed by atoms with van der Waals surface area (Å²) in [4.78, 5) is 16.8. The number of anilines is 1. The Bertz CT molecular complexity index is 1320. The molecule has 0 atom stereocenters. The van der Waals surface area contributed by atoms with Gasteiger partial charge < -0.3 is 10.1 Å². The van der Waals surface area contributed by atoms with Gasteiger partial charge in [-0.1, -0.05) is 0 Å². The maximum atomic E-state index is 15.1. The minimum absolute atomic E-state index is 0.0951. The number of nitriles is 1. The zero-order valence-electron chi connectivity index (χ0n) is 17.5. The van der Waals surface area contributed by atoms with E-state index in [1.165, 1.54) is 13.3 Å². The Labute approximate surface area is 184 Å². The van der Waals surface area contributed by atoms with Crippen molar-refractivity contribution in [1.82, 2.24) is 19.9 Å². The van der Waals surface area contributed by atoms with Crippen LogP contribution >= 0.6 is 0 Å². The SMILES string of the molecule is COc1cncc(-c2ccnc(NCc3cnc(-c4ccnc(C)c4)c(C#N)c3)c2F)c1. The Morgan fingerprint density at radius 1 is 1.03 bits per heavy atom. The van der Waals surface area contributed by atoms with Crippen LogP contribution in [0.4, 0.5) is 10.2 Å². The monoisotopic (exact) mass is 426 g/mol. The summed E-state index contributed by atoms with van der Waals surface area (Å²) in [5.74, 6) is 0.130. The summed E-state index contributed by atoms with van der Waals surface area (Å²) in [6.45, 7) is 2.13. The molecule has 4 rings (SSSR count). The maximum Gasteiger partial charge on any atom is 0.173 e. The number of halogens is 1. The number of nitrogens with zero attached hydrogens (tertiary/aromatic N) is 5. The lowest BCUT2D eigenvalue weighted by molar-refractivity contribution is 0.413. The van der Waals surface area contributed by atoms with E-state index in [0.717, 1.165) is 16.8 Å². The van der Waals surface area contributed by atoms with Gasteiger partial charge in [0.1, 0.15) is 11.8 Å². The van der Waals surface area contributed by atoms with Crippen LogP contribution in [0.1, 0.15) is 16.8 Å². The van der Waals surface area contributed by atoms with Gasteiger partial charge in [0.25, 0.3) is 0 Å². The van der Waals surface area contributed by atoms with Crippen molar-refractivity contribution in [3.63, 3.8) is 0 Å². The normalized spacial score (nSPS) is 10.4. The fourth-order valence-corrected chi connectivity index (χ4v) is 3.27. The average Bonchev–Trinajstić information content (AvgIpc) is 2.83. The highest BCUT2D eigenvalue weighted by Gasteiger charge is 2.13. The Hall–Kier alpha value is -4.38. The van der Waals surface area contributed by atoms with E-state index < -0.39 is 5.82 Å². The molecule has 0 aromatic carbocycles. The summed E-state index contributed by atoms with van der Waals surface area (Å²) in [6, 6.07) is 10.9. The fraction of sp³-hybridized carbons (Fsp3) is 0.125. The van der Waals surface area contributed by atoms with Gasteiger partial charge in [-0.05, 0) is 42.8 Å². The average molecular weight is 426 g/mol. The van der Waals surface area contributed by atoms with Crippen LogP contribution < -0.4 is 10.1 Å². The number of pyridine rings is 4. The summed E-state index contributed by atoms with van der Waals surface area (Å²) in [7, 11) is 1.53. The Morgan fingerprint density at radius 3 is 2.66 bits per heavy atom. The molecular weight excluding hydrogens is 407 g/mol. The van der Waals surface area contributed by atoms with Crippen molar-refractivity contribution in [2.24, 2.45) is 0 Å². The predicted octanol–water partition coefficient (Wildman–Crippen LogP) is 4.54. The molecular formula is C24H19FN6O. The molecule has 0 aliphatic heterocycles. The maximum absolute atomic E-state index is 15.1. The molecule has 0 fully saturated rings. The minimum Gasteiger partial charge on any atom is -0.495 e. The van der Waals surface area contributed by atoms with E-state index in [2.05, 4.69) is 31.3 Å². The molecule has 0 aliphatic carbocycles. The molecule has 4 aromatic rings. The first-order valence-corrected chi connectivity index (χ1v) is 9.79. The molecule has 32 heavy (non-hydrogen) atoms. The highest BCUT2D eigenvalue weighted by atomic mass is 19.1. The zero-order valence-corrected chi connectivity index (χ0v) is 17.5. The van der Waals surface area contributed by atoms with Gasteiger partial charge >= 0.3 is 0 Å². The molecule has 158 valence electrons. The summed E-state index contributed by atoms with van der Waals surface area (Å²) >= 11 is 0. The first kappa shape index (κ1) is 20.9. The van der Waals surface area contributed by atoms with E-state index in [4.69, 9.17) is 4.74 Å². The van der Waals surface area contributed by atoms with E-state index in [-0.39, 0.29) is 12.4 Å². The third-order valence-electron chi connectivity index (χ3n) is 4.84. The van der Waals surface area contributed by atoms with E-state index in [1.807, 2.05) is 19.1 Å². The van der Waals surface area contributed by atoms with E-state index in [9.17, 15) is 5.26 Å². The quantitative estimate of drug-likeness (QED) is 0.483. The third kappa shape index (κ3) is 4.37. The van der Waals surface area contributed by atoms with Crippen LogP contribution in [0.15, 0.2) is 61.3 Å². The van der Waals surface area contributed by atoms with Crippen molar-refractivity contribution in [1.29, 1.82) is 5.26 Å². The lowest BCUT2D eigenvalue weighted by Gasteiger charge is -2.11. The van der Waals surface area contributed by atoms with Crippen molar-refractivity contribution in [3.05, 3.63) is 84.0 Å². The highest BCUT2D eigenvalue weighted by molar-refractivity contribution is 5.68. The first-order chi connectivity index (χ1) is 15.6. The number of hydrogen-bond acceptors (Lipinski definition) is 7. The molecule has 0 radical (unpaired) electrons. The molecule has 0 saturated carbocycles.